The molecule has 1 aromatic carbocycles. The van der Waals surface area contributed by atoms with E-state index < -0.39 is 5.97 Å². The number of benzene rings is 1. The summed E-state index contributed by atoms with van der Waals surface area (Å²) in [5.41, 5.74) is 9.62. The zero-order chi connectivity index (χ0) is 18.3. The number of carbonyl (C=O) groups is 1. The Morgan fingerprint density at radius 2 is 2.08 bits per heavy atom. The summed E-state index contributed by atoms with van der Waals surface area (Å²) in [6.07, 6.45) is 4.56. The molecule has 0 unspecified atom stereocenters. The van der Waals surface area contributed by atoms with Gasteiger partial charge in [0.05, 0.1) is 13.3 Å². The van der Waals surface area contributed by atoms with Crippen molar-refractivity contribution in [3.05, 3.63) is 51.9 Å². The minimum absolute atomic E-state index is 0.0666. The SMILES string of the molecule is COC(=O)c1nc(Br)cnc1N1CCC2(CC1)Cc1ccccc1[C@H]2N. The fourth-order valence-corrected chi connectivity index (χ4v) is 4.58. The van der Waals surface area contributed by atoms with Crippen molar-refractivity contribution in [2.24, 2.45) is 11.1 Å². The van der Waals surface area contributed by atoms with Crippen LogP contribution in [0.25, 0.3) is 0 Å². The van der Waals surface area contributed by atoms with E-state index in [2.05, 4.69) is 55.1 Å². The van der Waals surface area contributed by atoms with Crippen LogP contribution in [0.15, 0.2) is 35.1 Å². The van der Waals surface area contributed by atoms with Crippen LogP contribution in [0.3, 0.4) is 0 Å². The van der Waals surface area contributed by atoms with Crippen molar-refractivity contribution < 1.29 is 9.53 Å². The van der Waals surface area contributed by atoms with Gasteiger partial charge in [-0.3, -0.25) is 0 Å². The molecule has 136 valence electrons. The van der Waals surface area contributed by atoms with Gasteiger partial charge in [-0.25, -0.2) is 14.8 Å². The number of nitrogens with two attached hydrogens (primary N) is 1. The molecule has 1 aliphatic carbocycles. The summed E-state index contributed by atoms with van der Waals surface area (Å²) in [7, 11) is 1.36. The quantitative estimate of drug-likeness (QED) is 0.757. The first-order chi connectivity index (χ1) is 12.5. The van der Waals surface area contributed by atoms with E-state index in [1.165, 1.54) is 18.2 Å². The second kappa shape index (κ2) is 6.63. The number of hydrogen-bond donors (Lipinski definition) is 1. The molecule has 7 heteroatoms. The number of nitrogens with zero attached hydrogens (tertiary/aromatic N) is 3. The van der Waals surface area contributed by atoms with Gasteiger partial charge in [0.15, 0.2) is 11.5 Å². The first-order valence-corrected chi connectivity index (χ1v) is 9.52. The Hall–Kier alpha value is -1.99. The monoisotopic (exact) mass is 416 g/mol. The lowest BCUT2D eigenvalue weighted by molar-refractivity contribution is 0.0593. The molecule has 0 saturated carbocycles. The van der Waals surface area contributed by atoms with Crippen molar-refractivity contribution >= 4 is 27.7 Å². The minimum Gasteiger partial charge on any atom is -0.464 e. The van der Waals surface area contributed by atoms with E-state index in [9.17, 15) is 4.79 Å². The zero-order valence-corrected chi connectivity index (χ0v) is 16.2. The Balaban J connectivity index is 1.56. The number of halogens is 1. The normalized spacial score (nSPS) is 20.9. The Morgan fingerprint density at radius 1 is 1.35 bits per heavy atom. The van der Waals surface area contributed by atoms with Crippen LogP contribution in [0.4, 0.5) is 5.82 Å². The molecule has 1 atom stereocenters. The highest BCUT2D eigenvalue weighted by Crippen LogP contribution is 2.50. The molecular formula is C19H21BrN4O2. The summed E-state index contributed by atoms with van der Waals surface area (Å²) in [5, 5.41) is 0. The number of esters is 1. The van der Waals surface area contributed by atoms with Crippen molar-refractivity contribution in [2.45, 2.75) is 25.3 Å². The first-order valence-electron chi connectivity index (χ1n) is 8.73. The third-order valence-electron chi connectivity index (χ3n) is 5.75. The van der Waals surface area contributed by atoms with Gasteiger partial charge in [-0.15, -0.1) is 0 Å². The highest BCUT2D eigenvalue weighted by atomic mass is 79.9. The van der Waals surface area contributed by atoms with Crippen molar-refractivity contribution in [2.75, 3.05) is 25.1 Å². The largest absolute Gasteiger partial charge is 0.464 e. The molecule has 2 aromatic rings. The number of piperidine rings is 1. The van der Waals surface area contributed by atoms with Crippen molar-refractivity contribution in [1.29, 1.82) is 0 Å². The summed E-state index contributed by atoms with van der Waals surface area (Å²) in [6, 6.07) is 8.55. The van der Waals surface area contributed by atoms with Crippen LogP contribution in [0, 0.1) is 5.41 Å². The van der Waals surface area contributed by atoms with Crippen LogP contribution in [-0.2, 0) is 11.2 Å². The molecule has 1 aliphatic heterocycles. The lowest BCUT2D eigenvalue weighted by Gasteiger charge is -2.42. The average molecular weight is 417 g/mol. The Morgan fingerprint density at radius 3 is 2.77 bits per heavy atom. The van der Waals surface area contributed by atoms with Gasteiger partial charge >= 0.3 is 5.97 Å². The molecule has 1 saturated heterocycles. The predicted molar refractivity (Wildman–Crippen MR) is 102 cm³/mol. The maximum atomic E-state index is 12.1. The maximum absolute atomic E-state index is 12.1. The topological polar surface area (TPSA) is 81.3 Å². The molecule has 1 aromatic heterocycles. The van der Waals surface area contributed by atoms with E-state index in [1.807, 2.05) is 0 Å². The third-order valence-corrected chi connectivity index (χ3v) is 6.14. The summed E-state index contributed by atoms with van der Waals surface area (Å²) in [6.45, 7) is 1.59. The third kappa shape index (κ3) is 2.79. The number of aromatic nitrogens is 2. The van der Waals surface area contributed by atoms with Crippen LogP contribution in [0.1, 0.15) is 40.5 Å². The Kier molecular flexibility index (Phi) is 4.44. The van der Waals surface area contributed by atoms with Crippen molar-refractivity contribution in [3.8, 4) is 0 Å². The highest BCUT2D eigenvalue weighted by molar-refractivity contribution is 9.10. The fraction of sp³-hybridized carbons (Fsp3) is 0.421. The number of fused-ring (bicyclic) bond motifs is 1. The number of ether oxygens (including phenoxy) is 1. The number of carbonyl (C=O) groups excluding carboxylic acids is 1. The molecule has 2 heterocycles. The summed E-state index contributed by atoms with van der Waals surface area (Å²) in [5.74, 6) is 0.109. The zero-order valence-electron chi connectivity index (χ0n) is 14.6. The van der Waals surface area contributed by atoms with E-state index in [0.29, 0.717) is 10.4 Å². The van der Waals surface area contributed by atoms with Crippen LogP contribution >= 0.6 is 15.9 Å². The maximum Gasteiger partial charge on any atom is 0.360 e. The van der Waals surface area contributed by atoms with E-state index in [0.717, 1.165) is 32.4 Å². The van der Waals surface area contributed by atoms with Gasteiger partial charge in [-0.1, -0.05) is 24.3 Å². The van der Waals surface area contributed by atoms with Crippen LogP contribution in [-0.4, -0.2) is 36.1 Å². The number of hydrogen-bond acceptors (Lipinski definition) is 6. The molecule has 0 bridgehead atoms. The molecule has 0 radical (unpaired) electrons. The first kappa shape index (κ1) is 17.4. The van der Waals surface area contributed by atoms with E-state index in [-0.39, 0.29) is 17.2 Å². The summed E-state index contributed by atoms with van der Waals surface area (Å²) < 4.78 is 5.38. The van der Waals surface area contributed by atoms with Gasteiger partial charge in [0.1, 0.15) is 4.60 Å². The van der Waals surface area contributed by atoms with Gasteiger partial charge in [-0.05, 0) is 51.7 Å². The van der Waals surface area contributed by atoms with Crippen LogP contribution in [0.2, 0.25) is 0 Å². The Labute approximate surface area is 160 Å². The Bertz CT molecular complexity index is 849. The van der Waals surface area contributed by atoms with E-state index in [1.54, 1.807) is 6.20 Å². The van der Waals surface area contributed by atoms with E-state index in [4.69, 9.17) is 10.5 Å². The van der Waals surface area contributed by atoms with Gasteiger partial charge < -0.3 is 15.4 Å². The van der Waals surface area contributed by atoms with Gasteiger partial charge in [-0.2, -0.15) is 0 Å². The van der Waals surface area contributed by atoms with Crippen LogP contribution in [0.5, 0.6) is 0 Å². The highest BCUT2D eigenvalue weighted by Gasteiger charge is 2.46. The second-order valence-corrected chi connectivity index (χ2v) is 7.87. The summed E-state index contributed by atoms with van der Waals surface area (Å²) >= 11 is 3.27. The smallest absolute Gasteiger partial charge is 0.360 e. The molecule has 26 heavy (non-hydrogen) atoms. The molecular weight excluding hydrogens is 396 g/mol. The molecule has 1 fully saturated rings. The van der Waals surface area contributed by atoms with Crippen molar-refractivity contribution in [3.63, 3.8) is 0 Å². The van der Waals surface area contributed by atoms with E-state index >= 15 is 0 Å². The number of methoxy groups -OCH3 is 1. The molecule has 2 aliphatic rings. The van der Waals surface area contributed by atoms with Gasteiger partial charge in [0.25, 0.3) is 0 Å². The van der Waals surface area contributed by atoms with Crippen molar-refractivity contribution in [1.82, 2.24) is 9.97 Å². The van der Waals surface area contributed by atoms with Crippen LogP contribution < -0.4 is 10.6 Å². The summed E-state index contributed by atoms with van der Waals surface area (Å²) in [4.78, 5) is 22.9. The standard InChI is InChI=1S/C19H21BrN4O2/c1-26-18(25)15-17(22-11-14(20)23-15)24-8-6-19(7-9-24)10-12-4-2-3-5-13(12)16(19)21/h2-5,11,16H,6-10,21H2,1H3/t16-/m1/s1. The van der Waals surface area contributed by atoms with Gasteiger partial charge in [0.2, 0.25) is 0 Å². The number of rotatable bonds is 2. The number of anilines is 1. The van der Waals surface area contributed by atoms with Gasteiger partial charge in [0, 0.05) is 19.1 Å². The molecule has 4 rings (SSSR count). The minimum atomic E-state index is -0.473. The molecule has 2 N–H and O–H groups in total. The lowest BCUT2D eigenvalue weighted by atomic mass is 9.73. The molecule has 0 amide bonds. The molecule has 6 nitrogen and oxygen atoms in total. The molecule has 1 spiro atoms. The average Bonchev–Trinajstić information content (AvgIpc) is 2.94. The predicted octanol–water partition coefficient (Wildman–Crippen LogP) is 2.87. The fourth-order valence-electron chi connectivity index (χ4n) is 4.30. The second-order valence-electron chi connectivity index (χ2n) is 7.06. The lowest BCUT2D eigenvalue weighted by Crippen LogP contribution is -2.45.